The zero-order valence-electron chi connectivity index (χ0n) is 37.9. The van der Waals surface area contributed by atoms with Crippen molar-refractivity contribution in [1.29, 1.82) is 0 Å². The number of carbonyl (C=O) groups is 3. The maximum atomic E-state index is 12.2. The van der Waals surface area contributed by atoms with Crippen LogP contribution in [0.4, 0.5) is 9.59 Å². The zero-order chi connectivity index (χ0) is 44.3. The topological polar surface area (TPSA) is 251 Å². The molecule has 12 aliphatic rings. The number of halogens is 1. The van der Waals surface area contributed by atoms with Crippen molar-refractivity contribution in [3.63, 3.8) is 0 Å². The Morgan fingerprint density at radius 1 is 0.629 bits per heavy atom. The number of aliphatic hydroxyl groups excluding tert-OH is 1. The molecule has 12 aliphatic carbocycles. The van der Waals surface area contributed by atoms with E-state index in [0.29, 0.717) is 47.2 Å². The molecule has 0 radical (unpaired) electrons. The number of oxime groups is 2. The summed E-state index contributed by atoms with van der Waals surface area (Å²) in [4.78, 5) is 36.5. The van der Waals surface area contributed by atoms with Gasteiger partial charge in [0.1, 0.15) is 17.0 Å². The van der Waals surface area contributed by atoms with E-state index in [1.807, 2.05) is 41.5 Å². The lowest BCUT2D eigenvalue weighted by atomic mass is 9.63. The lowest BCUT2D eigenvalue weighted by Gasteiger charge is -2.48. The molecule has 10 N–H and O–H groups in total. The standard InChI is InChI=1S/C16H26N2O3.C16H25NO3.C11H18N2O.C2H6O.CH4.ClH.H3NO/c1-15(2,3)21-14(19)17-16-7-10-4-11(8-16)6-13(18-20)12(5-10)9-16;1-15(2,3)20-14(19)17-16-7-10-4-11(8-16)6-13(18)12(5-10)9-16;12-11-4-7-1-8(5-11)3-10(13-14)9(2-7)6-11;1-2-3;;;1-2/h10-12,20H,4-9H2,1-3H3,(H,17,19);10-12H,4-9H2,1-3H3,(H,17,19);7-9,14H,1-6,12H2;3H,2H2,1H3;1H4;1H;2H,1H2/b18-13-;;13-10-;;;;. The average molecular weight is 900 g/mol. The number of ketones is 1. The van der Waals surface area contributed by atoms with E-state index >= 15 is 0 Å². The second-order valence-electron chi connectivity index (χ2n) is 22.3. The Morgan fingerprint density at radius 3 is 1.39 bits per heavy atom. The first-order valence-corrected chi connectivity index (χ1v) is 22.8. The summed E-state index contributed by atoms with van der Waals surface area (Å²) in [5.41, 5.74) is 7.15. The van der Waals surface area contributed by atoms with Gasteiger partial charge in [0.25, 0.3) is 0 Å². The van der Waals surface area contributed by atoms with Crippen molar-refractivity contribution in [2.24, 2.45) is 75.2 Å². The van der Waals surface area contributed by atoms with Gasteiger partial charge in [-0.3, -0.25) is 4.79 Å². The summed E-state index contributed by atoms with van der Waals surface area (Å²) in [6, 6.07) is 0. The van der Waals surface area contributed by atoms with Crippen molar-refractivity contribution in [3.05, 3.63) is 0 Å². The van der Waals surface area contributed by atoms with E-state index in [1.54, 1.807) is 6.92 Å². The molecule has 12 unspecified atom stereocenters. The number of alkyl carbamates (subject to hydrolysis) is 2. The number of hydrogen-bond acceptors (Lipinski definition) is 13. The Bertz CT molecular complexity index is 1590. The number of amides is 2. The van der Waals surface area contributed by atoms with Crippen molar-refractivity contribution in [2.45, 2.75) is 199 Å². The third-order valence-corrected chi connectivity index (χ3v) is 14.6. The number of nitrogens with zero attached hydrogens (tertiary/aromatic N) is 2. The van der Waals surface area contributed by atoms with E-state index in [4.69, 9.17) is 30.7 Å². The molecule has 0 aliphatic heterocycles. The zero-order valence-corrected chi connectivity index (χ0v) is 38.7. The van der Waals surface area contributed by atoms with Crippen LogP contribution in [0.2, 0.25) is 0 Å². The van der Waals surface area contributed by atoms with Gasteiger partial charge in [-0.25, -0.2) is 15.5 Å². The average Bonchev–Trinajstić information content (AvgIpc) is 3.49. The predicted molar refractivity (Wildman–Crippen MR) is 242 cm³/mol. The number of nitrogens with two attached hydrogens (primary N) is 2. The van der Waals surface area contributed by atoms with Gasteiger partial charge in [0.2, 0.25) is 0 Å². The molecule has 12 atom stereocenters. The molecular formula is C46H83ClN6O9. The van der Waals surface area contributed by atoms with E-state index in [9.17, 15) is 19.6 Å². The third-order valence-electron chi connectivity index (χ3n) is 14.6. The van der Waals surface area contributed by atoms with Crippen molar-refractivity contribution in [3.8, 4) is 0 Å². The molecular weight excluding hydrogens is 816 g/mol. The highest BCUT2D eigenvalue weighted by Gasteiger charge is 2.54. The molecule has 16 heteroatoms. The monoisotopic (exact) mass is 899 g/mol. The molecule has 0 aromatic heterocycles. The van der Waals surface area contributed by atoms with Crippen molar-refractivity contribution in [1.82, 2.24) is 10.6 Å². The molecule has 12 fully saturated rings. The van der Waals surface area contributed by atoms with Crippen LogP contribution >= 0.6 is 12.4 Å². The molecule has 2 amide bonds. The van der Waals surface area contributed by atoms with Crippen LogP contribution in [-0.4, -0.2) is 84.5 Å². The molecule has 12 bridgehead atoms. The molecule has 0 aromatic rings. The number of hydrogen-bond donors (Lipinski definition) is 8. The van der Waals surface area contributed by atoms with Crippen LogP contribution in [0.5, 0.6) is 0 Å². The highest BCUT2D eigenvalue weighted by molar-refractivity contribution is 5.88. The quantitative estimate of drug-likeness (QED) is 0.0964. The maximum absolute atomic E-state index is 12.2. The number of nitrogens with one attached hydrogen (secondary N) is 2. The second kappa shape index (κ2) is 21.5. The minimum Gasteiger partial charge on any atom is -0.444 e. The molecule has 15 nitrogen and oxygen atoms in total. The summed E-state index contributed by atoms with van der Waals surface area (Å²) in [5, 5.41) is 45.7. The summed E-state index contributed by atoms with van der Waals surface area (Å²) in [7, 11) is 0. The van der Waals surface area contributed by atoms with Crippen LogP contribution in [0.25, 0.3) is 0 Å². The van der Waals surface area contributed by atoms with E-state index in [2.05, 4.69) is 26.8 Å². The Hall–Kier alpha value is -2.72. The van der Waals surface area contributed by atoms with Crippen molar-refractivity contribution >= 4 is 41.8 Å². The van der Waals surface area contributed by atoms with Crippen LogP contribution < -0.4 is 22.3 Å². The van der Waals surface area contributed by atoms with Gasteiger partial charge >= 0.3 is 12.2 Å². The van der Waals surface area contributed by atoms with Crippen LogP contribution in [0.3, 0.4) is 0 Å². The van der Waals surface area contributed by atoms with Gasteiger partial charge in [-0.2, -0.15) is 0 Å². The van der Waals surface area contributed by atoms with Crippen LogP contribution in [0.1, 0.15) is 171 Å². The van der Waals surface area contributed by atoms with Gasteiger partial charge in [0.15, 0.2) is 0 Å². The number of aliphatic hydroxyl groups is 1. The van der Waals surface area contributed by atoms with E-state index in [-0.39, 0.29) is 61.2 Å². The van der Waals surface area contributed by atoms with Crippen molar-refractivity contribution < 1.29 is 44.6 Å². The van der Waals surface area contributed by atoms with Crippen LogP contribution in [0.15, 0.2) is 10.3 Å². The Morgan fingerprint density at radius 2 is 0.968 bits per heavy atom. The summed E-state index contributed by atoms with van der Waals surface area (Å²) in [6.07, 6.45) is 18.1. The summed E-state index contributed by atoms with van der Waals surface area (Å²) in [5.74, 6) is 8.61. The fourth-order valence-electron chi connectivity index (χ4n) is 13.6. The first kappa shape index (κ1) is 53.6. The number of ether oxygens (including phenoxy) is 2. The highest BCUT2D eigenvalue weighted by Crippen LogP contribution is 2.54. The smallest absolute Gasteiger partial charge is 0.408 e. The van der Waals surface area contributed by atoms with Gasteiger partial charge in [0.05, 0.1) is 11.4 Å². The van der Waals surface area contributed by atoms with E-state index in [0.717, 1.165) is 101 Å². The van der Waals surface area contributed by atoms with Crippen molar-refractivity contribution in [2.75, 3.05) is 6.61 Å². The Balaban J connectivity index is 0.000000235. The Kier molecular flexibility index (Phi) is 18.6. The fourth-order valence-corrected chi connectivity index (χ4v) is 13.6. The summed E-state index contributed by atoms with van der Waals surface area (Å²) >= 11 is 0. The van der Waals surface area contributed by atoms with Crippen LogP contribution in [0, 0.1) is 53.3 Å². The molecule has 0 aromatic carbocycles. The summed E-state index contributed by atoms with van der Waals surface area (Å²) in [6.45, 7) is 13.2. The maximum Gasteiger partial charge on any atom is 0.408 e. The first-order chi connectivity index (χ1) is 28.1. The lowest BCUT2D eigenvalue weighted by Crippen LogP contribution is -2.56. The molecule has 12 saturated carbocycles. The highest BCUT2D eigenvalue weighted by atomic mass is 35.5. The molecule has 62 heavy (non-hydrogen) atoms. The van der Waals surface area contributed by atoms with Gasteiger partial charge < -0.3 is 46.6 Å². The van der Waals surface area contributed by atoms with Gasteiger partial charge in [-0.15, -0.1) is 12.4 Å². The normalized spacial score (nSPS) is 38.9. The van der Waals surface area contributed by atoms with Gasteiger partial charge in [0, 0.05) is 47.4 Å². The Labute approximate surface area is 377 Å². The second-order valence-corrected chi connectivity index (χ2v) is 22.3. The molecule has 358 valence electrons. The third kappa shape index (κ3) is 13.9. The minimum atomic E-state index is -0.474. The van der Waals surface area contributed by atoms with Gasteiger partial charge in [-0.1, -0.05) is 17.7 Å². The number of rotatable bonds is 2. The van der Waals surface area contributed by atoms with Crippen LogP contribution in [-0.2, 0) is 14.3 Å². The van der Waals surface area contributed by atoms with E-state index < -0.39 is 11.2 Å². The van der Waals surface area contributed by atoms with Gasteiger partial charge in [-0.05, 0) is 193 Å². The lowest BCUT2D eigenvalue weighted by molar-refractivity contribution is -0.123. The fraction of sp³-hybridized carbons (Fsp3) is 0.891. The first-order valence-electron chi connectivity index (χ1n) is 22.8. The largest absolute Gasteiger partial charge is 0.444 e. The molecule has 12 rings (SSSR count). The molecule has 0 heterocycles. The molecule has 0 spiro atoms. The van der Waals surface area contributed by atoms with E-state index in [1.165, 1.54) is 32.1 Å². The number of Topliss-reactive ketones (excluding diaryl/α,β-unsaturated/α-hetero) is 1. The SMILES string of the molecule is C.CC(C)(C)OC(=O)NC12CC3C/C(=N/O)C(CC(C3)C1)C2.CC(C)(C)OC(=O)NC12CC3CC(=O)C(CC(C3)C1)C2.CCO.Cl.NC12CC3C/C(=N/O)C(CC(C3)C1)C2.NO. The molecule has 0 saturated heterocycles. The summed E-state index contributed by atoms with van der Waals surface area (Å²) < 4.78 is 10.9. The number of carbonyl (C=O) groups excluding carboxylic acids is 3. The minimum absolute atomic E-state index is 0. The number of fused-ring (bicyclic) bond motifs is 3. The predicted octanol–water partition coefficient (Wildman–Crippen LogP) is 8.49.